The van der Waals surface area contributed by atoms with Crippen LogP contribution in [0, 0.1) is 0 Å². The van der Waals surface area contributed by atoms with Crippen molar-refractivity contribution in [2.45, 2.75) is 50.7 Å². The summed E-state index contributed by atoms with van der Waals surface area (Å²) in [6, 6.07) is 13.7. The number of likely N-dealkylation sites (tertiary alicyclic amines) is 1. The zero-order chi connectivity index (χ0) is 22.3. The average molecular weight is 439 g/mol. The Hall–Kier alpha value is -2.73. The molecule has 2 aromatic carbocycles. The molecule has 2 aliphatic rings. The summed E-state index contributed by atoms with van der Waals surface area (Å²) >= 11 is 0. The molecule has 0 bridgehead atoms. The van der Waals surface area contributed by atoms with E-state index in [-0.39, 0.29) is 18.1 Å². The maximum Gasteiger partial charge on any atom is 0.251 e. The second kappa shape index (κ2) is 10.7. The number of hydrogen-bond donors (Lipinski definition) is 1. The van der Waals surface area contributed by atoms with Crippen LogP contribution in [0.1, 0.15) is 60.5 Å². The quantitative estimate of drug-likeness (QED) is 0.620. The van der Waals surface area contributed by atoms with Crippen molar-refractivity contribution in [1.29, 1.82) is 0 Å². The molecule has 32 heavy (non-hydrogen) atoms. The molecule has 1 N–H and O–H groups in total. The van der Waals surface area contributed by atoms with Gasteiger partial charge in [0.1, 0.15) is 5.75 Å². The van der Waals surface area contributed by atoms with Crippen molar-refractivity contribution in [3.63, 3.8) is 0 Å². The number of ether oxygens (including phenoxy) is 3. The summed E-state index contributed by atoms with van der Waals surface area (Å²) in [5, 5.41) is 3.14. The van der Waals surface area contributed by atoms with Gasteiger partial charge in [-0.05, 0) is 87.5 Å². The van der Waals surface area contributed by atoms with Crippen molar-refractivity contribution in [2.75, 3.05) is 33.9 Å². The van der Waals surface area contributed by atoms with Crippen LogP contribution in [0.25, 0.3) is 0 Å². The largest absolute Gasteiger partial charge is 0.497 e. The van der Waals surface area contributed by atoms with Gasteiger partial charge in [-0.3, -0.25) is 9.69 Å². The van der Waals surface area contributed by atoms with E-state index in [9.17, 15) is 4.79 Å². The third kappa shape index (κ3) is 5.36. The van der Waals surface area contributed by atoms with Gasteiger partial charge in [-0.15, -0.1) is 0 Å². The minimum absolute atomic E-state index is 0.103. The molecule has 1 saturated carbocycles. The first-order valence-electron chi connectivity index (χ1n) is 11.7. The summed E-state index contributed by atoms with van der Waals surface area (Å²) in [6.45, 7) is 2.65. The number of amides is 1. The van der Waals surface area contributed by atoms with E-state index in [2.05, 4.69) is 22.3 Å². The van der Waals surface area contributed by atoms with Gasteiger partial charge in [0.05, 0.1) is 26.4 Å². The second-order valence-corrected chi connectivity index (χ2v) is 8.63. The molecule has 1 amide bonds. The standard InChI is InChI=1S/C26H34N2O4/c1-30-21-12-9-19(10-13-21)23(28-15-5-6-16-28)18-27-26(29)20-11-14-24(25(17-20)31-2)32-22-7-3-4-8-22/h9-14,17,22-23H,3-8,15-16,18H2,1-2H3,(H,27,29). The number of rotatable bonds is 9. The predicted molar refractivity (Wildman–Crippen MR) is 125 cm³/mol. The Kier molecular flexibility index (Phi) is 7.53. The Morgan fingerprint density at radius 2 is 1.69 bits per heavy atom. The number of methoxy groups -OCH3 is 2. The summed E-state index contributed by atoms with van der Waals surface area (Å²) in [5.41, 5.74) is 1.77. The Labute approximate surface area is 190 Å². The smallest absolute Gasteiger partial charge is 0.251 e. The maximum absolute atomic E-state index is 13.0. The minimum Gasteiger partial charge on any atom is -0.497 e. The SMILES string of the molecule is COc1ccc(C(CNC(=O)c2ccc(OC3CCCC3)c(OC)c2)N2CCCC2)cc1. The average Bonchev–Trinajstić information content (AvgIpc) is 3.54. The molecule has 0 aromatic heterocycles. The van der Waals surface area contributed by atoms with E-state index < -0.39 is 0 Å². The molecular weight excluding hydrogens is 404 g/mol. The molecule has 1 saturated heterocycles. The highest BCUT2D eigenvalue weighted by atomic mass is 16.5. The Morgan fingerprint density at radius 1 is 0.969 bits per heavy atom. The summed E-state index contributed by atoms with van der Waals surface area (Å²) < 4.78 is 16.9. The van der Waals surface area contributed by atoms with Crippen molar-refractivity contribution in [3.8, 4) is 17.2 Å². The third-order valence-corrected chi connectivity index (χ3v) is 6.56. The molecule has 172 valence electrons. The highest BCUT2D eigenvalue weighted by Gasteiger charge is 2.25. The van der Waals surface area contributed by atoms with E-state index in [4.69, 9.17) is 14.2 Å². The van der Waals surface area contributed by atoms with Crippen molar-refractivity contribution >= 4 is 5.91 Å². The van der Waals surface area contributed by atoms with Crippen LogP contribution in [0.4, 0.5) is 0 Å². The summed E-state index contributed by atoms with van der Waals surface area (Å²) in [5.74, 6) is 2.05. The number of hydrogen-bond acceptors (Lipinski definition) is 5. The van der Waals surface area contributed by atoms with Gasteiger partial charge in [0.25, 0.3) is 5.91 Å². The van der Waals surface area contributed by atoms with Gasteiger partial charge in [0, 0.05) is 12.1 Å². The van der Waals surface area contributed by atoms with Crippen LogP contribution >= 0.6 is 0 Å². The Morgan fingerprint density at radius 3 is 2.34 bits per heavy atom. The first-order valence-corrected chi connectivity index (χ1v) is 11.7. The third-order valence-electron chi connectivity index (χ3n) is 6.56. The van der Waals surface area contributed by atoms with E-state index in [1.807, 2.05) is 24.3 Å². The molecule has 4 rings (SSSR count). The number of nitrogens with one attached hydrogen (secondary N) is 1. The van der Waals surface area contributed by atoms with Crippen LogP contribution in [-0.2, 0) is 0 Å². The fraction of sp³-hybridized carbons (Fsp3) is 0.500. The molecule has 1 heterocycles. The van der Waals surface area contributed by atoms with Crippen LogP contribution in [0.15, 0.2) is 42.5 Å². The lowest BCUT2D eigenvalue weighted by atomic mass is 10.0. The van der Waals surface area contributed by atoms with Gasteiger partial charge in [0.15, 0.2) is 11.5 Å². The molecule has 6 heteroatoms. The molecular formula is C26H34N2O4. The molecule has 0 radical (unpaired) electrons. The van der Waals surface area contributed by atoms with Crippen LogP contribution in [0.3, 0.4) is 0 Å². The van der Waals surface area contributed by atoms with E-state index in [0.29, 0.717) is 23.6 Å². The zero-order valence-electron chi connectivity index (χ0n) is 19.1. The fourth-order valence-corrected chi connectivity index (χ4v) is 4.72. The summed E-state index contributed by atoms with van der Waals surface area (Å²) in [4.78, 5) is 15.4. The van der Waals surface area contributed by atoms with Gasteiger partial charge in [-0.1, -0.05) is 12.1 Å². The molecule has 1 unspecified atom stereocenters. The molecule has 1 atom stereocenters. The van der Waals surface area contributed by atoms with Gasteiger partial charge < -0.3 is 19.5 Å². The highest BCUT2D eigenvalue weighted by molar-refractivity contribution is 5.94. The summed E-state index contributed by atoms with van der Waals surface area (Å²) in [6.07, 6.45) is 7.21. The monoisotopic (exact) mass is 438 g/mol. The van der Waals surface area contributed by atoms with Gasteiger partial charge in [-0.25, -0.2) is 0 Å². The minimum atomic E-state index is -0.103. The maximum atomic E-state index is 13.0. The van der Waals surface area contributed by atoms with Crippen molar-refractivity contribution in [2.24, 2.45) is 0 Å². The predicted octanol–water partition coefficient (Wildman–Crippen LogP) is 4.59. The van der Waals surface area contributed by atoms with E-state index >= 15 is 0 Å². The highest BCUT2D eigenvalue weighted by Crippen LogP contribution is 2.32. The lowest BCUT2D eigenvalue weighted by Crippen LogP contribution is -2.36. The van der Waals surface area contributed by atoms with E-state index in [1.165, 1.54) is 31.2 Å². The molecule has 6 nitrogen and oxygen atoms in total. The fourth-order valence-electron chi connectivity index (χ4n) is 4.72. The Balaban J connectivity index is 1.43. The number of benzene rings is 2. The molecule has 2 aromatic rings. The lowest BCUT2D eigenvalue weighted by Gasteiger charge is -2.28. The topological polar surface area (TPSA) is 60.0 Å². The number of carbonyl (C=O) groups excluding carboxylic acids is 1. The van der Waals surface area contributed by atoms with Crippen LogP contribution in [0.2, 0.25) is 0 Å². The molecule has 0 spiro atoms. The van der Waals surface area contributed by atoms with Gasteiger partial charge in [-0.2, -0.15) is 0 Å². The first kappa shape index (κ1) is 22.5. The van der Waals surface area contributed by atoms with Crippen LogP contribution < -0.4 is 19.5 Å². The number of carbonyl (C=O) groups is 1. The van der Waals surface area contributed by atoms with Gasteiger partial charge in [0.2, 0.25) is 0 Å². The van der Waals surface area contributed by atoms with Crippen LogP contribution in [0.5, 0.6) is 17.2 Å². The Bertz CT molecular complexity index is 887. The van der Waals surface area contributed by atoms with Crippen LogP contribution in [-0.4, -0.2) is 50.8 Å². The van der Waals surface area contributed by atoms with Crippen molar-refractivity contribution in [1.82, 2.24) is 10.2 Å². The zero-order valence-corrected chi connectivity index (χ0v) is 19.1. The molecule has 1 aliphatic heterocycles. The molecule has 1 aliphatic carbocycles. The molecule has 2 fully saturated rings. The first-order chi connectivity index (χ1) is 15.7. The number of nitrogens with zero attached hydrogens (tertiary/aromatic N) is 1. The van der Waals surface area contributed by atoms with Crippen molar-refractivity contribution < 1.29 is 19.0 Å². The van der Waals surface area contributed by atoms with Gasteiger partial charge >= 0.3 is 0 Å². The van der Waals surface area contributed by atoms with Crippen molar-refractivity contribution in [3.05, 3.63) is 53.6 Å². The lowest BCUT2D eigenvalue weighted by molar-refractivity contribution is 0.0937. The summed E-state index contributed by atoms with van der Waals surface area (Å²) in [7, 11) is 3.29. The van der Waals surface area contributed by atoms with E-state index in [0.717, 1.165) is 31.7 Å². The van der Waals surface area contributed by atoms with E-state index in [1.54, 1.807) is 20.3 Å². The normalized spacial score (nSPS) is 17.8. The second-order valence-electron chi connectivity index (χ2n) is 8.63.